The normalized spacial score (nSPS) is 23.4. The molecule has 12 rings (SSSR count). The largest absolute Gasteiger partial charge is 0.468 e. The van der Waals surface area contributed by atoms with Gasteiger partial charge in [-0.15, -0.1) is 0 Å². The van der Waals surface area contributed by atoms with E-state index in [0.717, 1.165) is 11.2 Å². The van der Waals surface area contributed by atoms with Crippen LogP contribution >= 0.6 is 0 Å². The van der Waals surface area contributed by atoms with Gasteiger partial charge in [-0.25, -0.2) is 0 Å². The van der Waals surface area contributed by atoms with Crippen LogP contribution in [-0.2, 0) is 21.7 Å². The Morgan fingerprint density at radius 2 is 1.29 bits per heavy atom. The lowest BCUT2D eigenvalue weighted by atomic mass is 9.35. The maximum absolute atomic E-state index is 7.42. The Morgan fingerprint density at radius 3 is 2.09 bits per heavy atom. The lowest BCUT2D eigenvalue weighted by molar-refractivity contribution is 0.195. The third kappa shape index (κ3) is 4.22. The molecule has 3 aliphatic heterocycles. The minimum Gasteiger partial charge on any atom is -0.468 e. The Balaban J connectivity index is 1.24. The summed E-state index contributed by atoms with van der Waals surface area (Å²) in [4.78, 5) is 5.58. The molecule has 2 unspecified atom stereocenters. The van der Waals surface area contributed by atoms with E-state index in [9.17, 15) is 0 Å². The molecule has 292 valence electrons. The monoisotopic (exact) mass is 760 g/mol. The van der Waals surface area contributed by atoms with Crippen molar-refractivity contribution < 1.29 is 4.42 Å². The Hall–Kier alpha value is -4.70. The maximum atomic E-state index is 7.42. The highest BCUT2D eigenvalue weighted by Crippen LogP contribution is 2.63. The van der Waals surface area contributed by atoms with Gasteiger partial charge in [0.15, 0.2) is 0 Å². The molecule has 3 aliphatic carbocycles. The molecule has 1 aromatic heterocycles. The number of para-hydroxylation sites is 1. The van der Waals surface area contributed by atoms with E-state index in [4.69, 9.17) is 4.42 Å². The van der Waals surface area contributed by atoms with Gasteiger partial charge in [0.1, 0.15) is 5.58 Å². The van der Waals surface area contributed by atoms with Crippen LogP contribution in [-0.4, -0.2) is 12.3 Å². The van der Waals surface area contributed by atoms with Crippen molar-refractivity contribution in [2.24, 2.45) is 0 Å². The van der Waals surface area contributed by atoms with Crippen molar-refractivity contribution in [2.75, 3.05) is 9.80 Å². The number of fused-ring (bicyclic) bond motifs is 14. The molecule has 0 radical (unpaired) electrons. The molecule has 0 bridgehead atoms. The quantitative estimate of drug-likeness (QED) is 0.155. The van der Waals surface area contributed by atoms with E-state index >= 15 is 0 Å². The molecule has 6 aliphatic rings. The van der Waals surface area contributed by atoms with E-state index in [0.29, 0.717) is 0 Å². The molecular weight excluding hydrogens is 703 g/mol. The van der Waals surface area contributed by atoms with Gasteiger partial charge in [-0.05, 0) is 118 Å². The fourth-order valence-electron chi connectivity index (χ4n) is 13.3. The predicted molar refractivity (Wildman–Crippen MR) is 245 cm³/mol. The molecule has 2 saturated carbocycles. The zero-order valence-corrected chi connectivity index (χ0v) is 35.9. The van der Waals surface area contributed by atoms with E-state index in [2.05, 4.69) is 156 Å². The topological polar surface area (TPSA) is 19.6 Å². The second-order valence-electron chi connectivity index (χ2n) is 21.5. The van der Waals surface area contributed by atoms with Crippen LogP contribution in [0.25, 0.3) is 22.1 Å². The Morgan fingerprint density at radius 1 is 0.603 bits per heavy atom. The number of anilines is 5. The first-order valence-electron chi connectivity index (χ1n) is 22.5. The van der Waals surface area contributed by atoms with Crippen LogP contribution in [0.5, 0.6) is 0 Å². The minimum atomic E-state index is -0.0570. The fraction of sp³-hybridized carbons (Fsp3) is 0.407. The molecule has 2 atom stereocenters. The fourth-order valence-corrected chi connectivity index (χ4v) is 13.3. The van der Waals surface area contributed by atoms with Gasteiger partial charge < -0.3 is 14.2 Å². The van der Waals surface area contributed by atoms with Crippen LogP contribution in [0, 0.1) is 0 Å². The lowest BCUT2D eigenvalue weighted by Gasteiger charge is -2.52. The van der Waals surface area contributed by atoms with Crippen LogP contribution in [0.15, 0.2) is 95.4 Å². The third-order valence-electron chi connectivity index (χ3n) is 16.5. The first-order valence-corrected chi connectivity index (χ1v) is 22.5. The molecular formula is C54H57BN2O. The number of furan rings is 1. The smallest absolute Gasteiger partial charge is 0.297 e. The predicted octanol–water partition coefficient (Wildman–Crippen LogP) is 12.6. The SMILES string of the molecule is CC(C)(C)c1cc2c3c(c1)N1c4c(cccc4C4(C)CCCCC14C)B3c1oc3ccc(C(C)(C)C)cc3c1N2c1cccc2c1-c1ccccc1C21CCCCC1. The zero-order valence-electron chi connectivity index (χ0n) is 35.9. The Bertz CT molecular complexity index is 2750. The Kier molecular flexibility index (Phi) is 6.88. The first-order chi connectivity index (χ1) is 27.8. The first kappa shape index (κ1) is 35.3. The molecule has 58 heavy (non-hydrogen) atoms. The van der Waals surface area contributed by atoms with Crippen molar-refractivity contribution in [3.8, 4) is 11.1 Å². The zero-order chi connectivity index (χ0) is 39.7. The van der Waals surface area contributed by atoms with Gasteiger partial charge in [0.25, 0.3) is 6.71 Å². The van der Waals surface area contributed by atoms with Gasteiger partial charge in [0.2, 0.25) is 0 Å². The lowest BCUT2D eigenvalue weighted by Crippen LogP contribution is -2.64. The average Bonchev–Trinajstić information content (AvgIpc) is 3.79. The molecule has 4 heteroatoms. The number of hydrogen-bond acceptors (Lipinski definition) is 3. The van der Waals surface area contributed by atoms with Gasteiger partial charge in [-0.1, -0.05) is 141 Å². The summed E-state index contributed by atoms with van der Waals surface area (Å²) in [5, 5.41) is 1.22. The third-order valence-corrected chi connectivity index (χ3v) is 16.5. The van der Waals surface area contributed by atoms with Gasteiger partial charge in [0, 0.05) is 38.8 Å². The Labute approximate surface area is 345 Å². The number of hydrogen-bond donors (Lipinski definition) is 0. The molecule has 4 heterocycles. The number of rotatable bonds is 1. The highest BCUT2D eigenvalue weighted by molar-refractivity contribution is 7.00. The molecule has 0 N–H and O–H groups in total. The van der Waals surface area contributed by atoms with Crippen LogP contribution in [0.4, 0.5) is 28.4 Å². The summed E-state index contributed by atoms with van der Waals surface area (Å²) >= 11 is 0. The molecule has 0 amide bonds. The summed E-state index contributed by atoms with van der Waals surface area (Å²) in [5.41, 5.74) is 21.8. The maximum Gasteiger partial charge on any atom is 0.297 e. The summed E-state index contributed by atoms with van der Waals surface area (Å²) in [6.07, 6.45) is 11.3. The highest BCUT2D eigenvalue weighted by atomic mass is 16.3. The molecule has 6 aromatic rings. The standard InChI is InChI=1S/C54H57BN2O/c1-50(2,3)33-24-25-44-36(30-33)47-49(58-44)55-40-22-16-21-39-48(40)57(53(8)27-15-14-26-52(39,53)7)43-32-34(51(4,5)6)31-42(46(43)55)56(47)41-23-17-20-38-45(41)35-18-10-11-19-37(35)54(38)28-12-9-13-29-54/h10-11,16-25,30-32H,9,12-15,26-29H2,1-8H3. The molecule has 3 nitrogen and oxygen atoms in total. The van der Waals surface area contributed by atoms with Crippen LogP contribution in [0.2, 0.25) is 0 Å². The summed E-state index contributed by atoms with van der Waals surface area (Å²) < 4.78 is 7.42. The summed E-state index contributed by atoms with van der Waals surface area (Å²) in [5.74, 6) is 0. The molecule has 2 fully saturated rings. The van der Waals surface area contributed by atoms with E-state index in [1.165, 1.54) is 141 Å². The van der Waals surface area contributed by atoms with Crippen molar-refractivity contribution in [3.63, 3.8) is 0 Å². The second-order valence-corrected chi connectivity index (χ2v) is 21.5. The number of nitrogens with zero attached hydrogens (tertiary/aromatic N) is 2. The summed E-state index contributed by atoms with van der Waals surface area (Å²) in [6, 6.07) is 36.2. The van der Waals surface area contributed by atoms with Gasteiger partial charge in [-0.3, -0.25) is 0 Å². The van der Waals surface area contributed by atoms with E-state index in [1.54, 1.807) is 0 Å². The van der Waals surface area contributed by atoms with Gasteiger partial charge >= 0.3 is 0 Å². The van der Waals surface area contributed by atoms with E-state index in [1.807, 2.05) is 0 Å². The van der Waals surface area contributed by atoms with Gasteiger partial charge in [0.05, 0.1) is 22.6 Å². The van der Waals surface area contributed by atoms with Crippen molar-refractivity contribution >= 4 is 62.7 Å². The van der Waals surface area contributed by atoms with Crippen molar-refractivity contribution in [3.05, 3.63) is 119 Å². The van der Waals surface area contributed by atoms with Crippen LogP contribution in [0.1, 0.15) is 141 Å². The van der Waals surface area contributed by atoms with E-state index in [-0.39, 0.29) is 33.9 Å². The van der Waals surface area contributed by atoms with Gasteiger partial charge in [-0.2, -0.15) is 0 Å². The molecule has 0 saturated heterocycles. The van der Waals surface area contributed by atoms with Crippen molar-refractivity contribution in [1.82, 2.24) is 0 Å². The highest BCUT2D eigenvalue weighted by Gasteiger charge is 2.62. The average molecular weight is 761 g/mol. The second kappa shape index (κ2) is 11.3. The van der Waals surface area contributed by atoms with Crippen LogP contribution < -0.4 is 26.4 Å². The minimum absolute atomic E-state index is 0.00457. The summed E-state index contributed by atoms with van der Waals surface area (Å²) in [6.45, 7) is 19.4. The van der Waals surface area contributed by atoms with Crippen LogP contribution in [0.3, 0.4) is 0 Å². The molecule has 1 spiro atoms. The van der Waals surface area contributed by atoms with Crippen molar-refractivity contribution in [2.45, 2.75) is 140 Å². The van der Waals surface area contributed by atoms with E-state index < -0.39 is 0 Å². The summed E-state index contributed by atoms with van der Waals surface area (Å²) in [7, 11) is 0. The molecule has 5 aromatic carbocycles. The number of benzene rings is 5. The van der Waals surface area contributed by atoms with Crippen molar-refractivity contribution in [1.29, 1.82) is 0 Å².